The van der Waals surface area contributed by atoms with Gasteiger partial charge in [-0.1, -0.05) is 17.7 Å². The SMILES string of the molecule is O=C(CNc1cccc(Cl)c1N1CCOCC1)Nc1cc(F)cc(F)c1. The van der Waals surface area contributed by atoms with Crippen LogP contribution in [-0.4, -0.2) is 38.8 Å². The van der Waals surface area contributed by atoms with Gasteiger partial charge in [-0.25, -0.2) is 8.78 Å². The molecular weight excluding hydrogens is 364 g/mol. The van der Waals surface area contributed by atoms with Crippen molar-refractivity contribution in [1.82, 2.24) is 0 Å². The Bertz CT molecular complexity index is 778. The Labute approximate surface area is 154 Å². The summed E-state index contributed by atoms with van der Waals surface area (Å²) in [6.45, 7) is 2.54. The third kappa shape index (κ3) is 4.62. The molecule has 0 aromatic heterocycles. The zero-order valence-electron chi connectivity index (χ0n) is 13.9. The van der Waals surface area contributed by atoms with E-state index in [1.54, 1.807) is 12.1 Å². The lowest BCUT2D eigenvalue weighted by Crippen LogP contribution is -2.37. The largest absolute Gasteiger partial charge is 0.378 e. The minimum absolute atomic E-state index is 0.0637. The van der Waals surface area contributed by atoms with Crippen molar-refractivity contribution in [1.29, 1.82) is 0 Å². The number of nitrogens with zero attached hydrogens (tertiary/aromatic N) is 1. The van der Waals surface area contributed by atoms with E-state index >= 15 is 0 Å². The van der Waals surface area contributed by atoms with Gasteiger partial charge in [-0.05, 0) is 24.3 Å². The number of benzene rings is 2. The van der Waals surface area contributed by atoms with Crippen molar-refractivity contribution in [3.63, 3.8) is 0 Å². The van der Waals surface area contributed by atoms with Gasteiger partial charge in [0.15, 0.2) is 0 Å². The number of hydrogen-bond acceptors (Lipinski definition) is 4. The van der Waals surface area contributed by atoms with Crippen LogP contribution in [0.15, 0.2) is 36.4 Å². The maximum atomic E-state index is 13.2. The van der Waals surface area contributed by atoms with Crippen LogP contribution in [0.5, 0.6) is 0 Å². The second-order valence-electron chi connectivity index (χ2n) is 5.80. The van der Waals surface area contributed by atoms with Crippen molar-refractivity contribution in [3.05, 3.63) is 53.1 Å². The van der Waals surface area contributed by atoms with Gasteiger partial charge in [0.25, 0.3) is 0 Å². The highest BCUT2D eigenvalue weighted by atomic mass is 35.5. The molecule has 8 heteroatoms. The topological polar surface area (TPSA) is 53.6 Å². The van der Waals surface area contributed by atoms with Crippen LogP contribution in [0.4, 0.5) is 25.8 Å². The fourth-order valence-corrected chi connectivity index (χ4v) is 3.07. The first-order valence-corrected chi connectivity index (χ1v) is 8.52. The monoisotopic (exact) mass is 381 g/mol. The lowest BCUT2D eigenvalue weighted by molar-refractivity contribution is -0.114. The molecule has 0 bridgehead atoms. The molecule has 138 valence electrons. The summed E-state index contributed by atoms with van der Waals surface area (Å²) < 4.78 is 31.7. The number of morpholine rings is 1. The van der Waals surface area contributed by atoms with E-state index in [1.165, 1.54) is 0 Å². The molecule has 1 heterocycles. The second kappa shape index (κ2) is 8.33. The quantitative estimate of drug-likeness (QED) is 0.832. The Morgan fingerprint density at radius 3 is 2.54 bits per heavy atom. The average molecular weight is 382 g/mol. The van der Waals surface area contributed by atoms with Crippen LogP contribution in [0.3, 0.4) is 0 Å². The molecule has 5 nitrogen and oxygen atoms in total. The fraction of sp³-hybridized carbons (Fsp3) is 0.278. The summed E-state index contributed by atoms with van der Waals surface area (Å²) in [5.74, 6) is -1.93. The molecule has 2 aromatic rings. The van der Waals surface area contributed by atoms with Crippen molar-refractivity contribution in [2.24, 2.45) is 0 Å². The smallest absolute Gasteiger partial charge is 0.243 e. The molecule has 0 radical (unpaired) electrons. The molecule has 3 rings (SSSR count). The Kier molecular flexibility index (Phi) is 5.90. The number of amides is 1. The number of carbonyl (C=O) groups is 1. The van der Waals surface area contributed by atoms with Gasteiger partial charge in [0.1, 0.15) is 11.6 Å². The summed E-state index contributed by atoms with van der Waals surface area (Å²) in [5.41, 5.74) is 1.58. The van der Waals surface area contributed by atoms with E-state index in [-0.39, 0.29) is 12.2 Å². The standard InChI is InChI=1S/C18H18ClF2N3O2/c19-15-2-1-3-16(18(15)24-4-6-26-7-5-24)22-11-17(25)23-14-9-12(20)8-13(21)10-14/h1-3,8-10,22H,4-7,11H2,(H,23,25). The Balaban J connectivity index is 1.67. The van der Waals surface area contributed by atoms with Gasteiger partial charge < -0.3 is 20.3 Å². The number of para-hydroxylation sites is 1. The molecule has 1 aliphatic rings. The van der Waals surface area contributed by atoms with Crippen LogP contribution in [0.1, 0.15) is 0 Å². The Morgan fingerprint density at radius 1 is 1.15 bits per heavy atom. The summed E-state index contributed by atoms with van der Waals surface area (Å²) >= 11 is 6.34. The zero-order chi connectivity index (χ0) is 18.5. The number of halogens is 3. The van der Waals surface area contributed by atoms with Crippen LogP contribution < -0.4 is 15.5 Å². The van der Waals surface area contributed by atoms with Crippen molar-refractivity contribution >= 4 is 34.6 Å². The molecule has 1 aliphatic heterocycles. The average Bonchev–Trinajstić information content (AvgIpc) is 2.60. The predicted molar refractivity (Wildman–Crippen MR) is 98.0 cm³/mol. The van der Waals surface area contributed by atoms with Crippen LogP contribution in [-0.2, 0) is 9.53 Å². The van der Waals surface area contributed by atoms with Gasteiger partial charge in [0.05, 0.1) is 36.2 Å². The highest BCUT2D eigenvalue weighted by molar-refractivity contribution is 6.34. The van der Waals surface area contributed by atoms with E-state index in [0.717, 1.165) is 23.9 Å². The normalized spacial score (nSPS) is 14.2. The van der Waals surface area contributed by atoms with E-state index in [2.05, 4.69) is 15.5 Å². The third-order valence-corrected chi connectivity index (χ3v) is 4.20. The lowest BCUT2D eigenvalue weighted by atomic mass is 10.2. The number of carbonyl (C=O) groups excluding carboxylic acids is 1. The molecule has 0 saturated carbocycles. The number of hydrogen-bond donors (Lipinski definition) is 2. The molecule has 0 atom stereocenters. The molecule has 1 fully saturated rings. The highest BCUT2D eigenvalue weighted by Gasteiger charge is 2.18. The number of nitrogens with one attached hydrogen (secondary N) is 2. The van der Waals surface area contributed by atoms with Gasteiger partial charge in [0, 0.05) is 24.8 Å². The summed E-state index contributed by atoms with van der Waals surface area (Å²) in [7, 11) is 0. The van der Waals surface area contributed by atoms with Crippen molar-refractivity contribution in [2.75, 3.05) is 48.4 Å². The van der Waals surface area contributed by atoms with Gasteiger partial charge in [0.2, 0.25) is 5.91 Å². The van der Waals surface area contributed by atoms with Crippen molar-refractivity contribution in [2.45, 2.75) is 0 Å². The van der Waals surface area contributed by atoms with E-state index in [9.17, 15) is 13.6 Å². The molecule has 0 spiro atoms. The van der Waals surface area contributed by atoms with Gasteiger partial charge >= 0.3 is 0 Å². The van der Waals surface area contributed by atoms with E-state index in [0.29, 0.717) is 37.0 Å². The van der Waals surface area contributed by atoms with Gasteiger partial charge in [-0.3, -0.25) is 4.79 Å². The van der Waals surface area contributed by atoms with Crippen LogP contribution in [0, 0.1) is 11.6 Å². The summed E-state index contributed by atoms with van der Waals surface area (Å²) in [5, 5.41) is 6.07. The zero-order valence-corrected chi connectivity index (χ0v) is 14.7. The lowest BCUT2D eigenvalue weighted by Gasteiger charge is -2.31. The van der Waals surface area contributed by atoms with Gasteiger partial charge in [-0.15, -0.1) is 0 Å². The van der Waals surface area contributed by atoms with Crippen molar-refractivity contribution in [3.8, 4) is 0 Å². The third-order valence-electron chi connectivity index (χ3n) is 3.90. The first-order chi connectivity index (χ1) is 12.5. The predicted octanol–water partition coefficient (Wildman–Crippen LogP) is 3.51. The maximum Gasteiger partial charge on any atom is 0.243 e. The minimum Gasteiger partial charge on any atom is -0.378 e. The number of rotatable bonds is 5. The van der Waals surface area contributed by atoms with E-state index < -0.39 is 17.5 Å². The van der Waals surface area contributed by atoms with E-state index in [1.807, 2.05) is 6.07 Å². The molecule has 1 saturated heterocycles. The van der Waals surface area contributed by atoms with Gasteiger partial charge in [-0.2, -0.15) is 0 Å². The maximum absolute atomic E-state index is 13.2. The molecule has 2 N–H and O–H groups in total. The Morgan fingerprint density at radius 2 is 1.85 bits per heavy atom. The molecule has 26 heavy (non-hydrogen) atoms. The first kappa shape index (κ1) is 18.4. The van der Waals surface area contributed by atoms with E-state index in [4.69, 9.17) is 16.3 Å². The molecule has 1 amide bonds. The minimum atomic E-state index is -0.752. The molecule has 2 aromatic carbocycles. The molecule has 0 aliphatic carbocycles. The van der Waals surface area contributed by atoms with Crippen LogP contribution in [0.25, 0.3) is 0 Å². The van der Waals surface area contributed by atoms with Crippen LogP contribution in [0.2, 0.25) is 5.02 Å². The molecule has 0 unspecified atom stereocenters. The second-order valence-corrected chi connectivity index (χ2v) is 6.20. The summed E-state index contributed by atoms with van der Waals surface area (Å²) in [6.07, 6.45) is 0. The Hall–Kier alpha value is -2.38. The summed E-state index contributed by atoms with van der Waals surface area (Å²) in [6, 6.07) is 8.25. The number of anilines is 3. The van der Waals surface area contributed by atoms with Crippen molar-refractivity contribution < 1.29 is 18.3 Å². The fourth-order valence-electron chi connectivity index (χ4n) is 2.77. The first-order valence-electron chi connectivity index (χ1n) is 8.14. The number of ether oxygens (including phenoxy) is 1. The summed E-state index contributed by atoms with van der Waals surface area (Å²) in [4.78, 5) is 14.2. The highest BCUT2D eigenvalue weighted by Crippen LogP contribution is 2.34. The molecular formula is C18H18ClF2N3O2. The van der Waals surface area contributed by atoms with Crippen LogP contribution >= 0.6 is 11.6 Å².